The molecule has 0 aromatic heterocycles. The lowest BCUT2D eigenvalue weighted by Gasteiger charge is -2.34. The van der Waals surface area contributed by atoms with Crippen LogP contribution in [-0.4, -0.2) is 35.0 Å². The van der Waals surface area contributed by atoms with Crippen LogP contribution in [0.2, 0.25) is 0 Å². The normalized spacial score (nSPS) is 27.4. The first-order chi connectivity index (χ1) is 9.30. The third-order valence-corrected chi connectivity index (χ3v) is 4.63. The fourth-order valence-corrected chi connectivity index (χ4v) is 3.34. The Hall–Kier alpha value is -1.32. The SMILES string of the molecule is CC(C)(C)C1=CCN(C(=O)[C@@H]2CCC[C@@H]2C(=O)O)CC1. The van der Waals surface area contributed by atoms with Gasteiger partial charge in [-0.15, -0.1) is 0 Å². The van der Waals surface area contributed by atoms with E-state index in [1.54, 1.807) is 0 Å². The van der Waals surface area contributed by atoms with Crippen molar-refractivity contribution in [1.29, 1.82) is 0 Å². The van der Waals surface area contributed by atoms with Crippen LogP contribution in [0.15, 0.2) is 11.6 Å². The van der Waals surface area contributed by atoms with Gasteiger partial charge in [0.05, 0.1) is 11.8 Å². The zero-order valence-electron chi connectivity index (χ0n) is 12.7. The van der Waals surface area contributed by atoms with Gasteiger partial charge in [-0.1, -0.05) is 38.8 Å². The second-order valence-electron chi connectivity index (χ2n) is 7.00. The third kappa shape index (κ3) is 3.05. The minimum absolute atomic E-state index is 0.0408. The fourth-order valence-electron chi connectivity index (χ4n) is 3.34. The van der Waals surface area contributed by atoms with Gasteiger partial charge in [-0.2, -0.15) is 0 Å². The lowest BCUT2D eigenvalue weighted by Crippen LogP contribution is -2.42. The molecule has 0 bridgehead atoms. The number of rotatable bonds is 2. The molecule has 4 nitrogen and oxygen atoms in total. The molecule has 2 rings (SSSR count). The lowest BCUT2D eigenvalue weighted by atomic mass is 9.82. The van der Waals surface area contributed by atoms with Crippen molar-refractivity contribution in [3.63, 3.8) is 0 Å². The minimum Gasteiger partial charge on any atom is -0.481 e. The van der Waals surface area contributed by atoms with Gasteiger partial charge in [0.25, 0.3) is 0 Å². The van der Waals surface area contributed by atoms with E-state index >= 15 is 0 Å². The van der Waals surface area contributed by atoms with Crippen LogP contribution in [0.1, 0.15) is 46.5 Å². The maximum absolute atomic E-state index is 12.5. The molecule has 0 unspecified atom stereocenters. The van der Waals surface area contributed by atoms with Crippen molar-refractivity contribution in [2.45, 2.75) is 46.5 Å². The van der Waals surface area contributed by atoms with Crippen molar-refractivity contribution >= 4 is 11.9 Å². The molecule has 112 valence electrons. The van der Waals surface area contributed by atoms with Crippen LogP contribution >= 0.6 is 0 Å². The molecule has 20 heavy (non-hydrogen) atoms. The standard InChI is InChI=1S/C16H25NO3/c1-16(2,3)11-7-9-17(10-8-11)14(18)12-5-4-6-13(12)15(19)20/h7,12-13H,4-6,8-10H2,1-3H3,(H,19,20)/t12-,13+/m1/s1. The number of amides is 1. The minimum atomic E-state index is -0.816. The van der Waals surface area contributed by atoms with Crippen LogP contribution in [0.25, 0.3) is 0 Å². The molecule has 1 aliphatic heterocycles. The van der Waals surface area contributed by atoms with E-state index in [1.807, 2.05) is 4.90 Å². The highest BCUT2D eigenvalue weighted by Gasteiger charge is 2.40. The number of hydrogen-bond donors (Lipinski definition) is 1. The number of carboxylic acids is 1. The van der Waals surface area contributed by atoms with Gasteiger partial charge in [0.1, 0.15) is 0 Å². The summed E-state index contributed by atoms with van der Waals surface area (Å²) in [7, 11) is 0. The number of aliphatic carboxylic acids is 1. The number of carboxylic acid groups (broad SMARTS) is 1. The highest BCUT2D eigenvalue weighted by atomic mass is 16.4. The molecule has 2 atom stereocenters. The van der Waals surface area contributed by atoms with Crippen molar-refractivity contribution < 1.29 is 14.7 Å². The summed E-state index contributed by atoms with van der Waals surface area (Å²) in [5.74, 6) is -1.56. The molecule has 1 aliphatic carbocycles. The Balaban J connectivity index is 2.02. The number of carbonyl (C=O) groups is 2. The Labute approximate surface area is 120 Å². The molecule has 1 N–H and O–H groups in total. The molecule has 0 spiro atoms. The molecule has 2 aliphatic rings. The van der Waals surface area contributed by atoms with Crippen LogP contribution < -0.4 is 0 Å². The molecule has 0 radical (unpaired) electrons. The van der Waals surface area contributed by atoms with E-state index in [0.717, 1.165) is 25.8 Å². The number of hydrogen-bond acceptors (Lipinski definition) is 2. The van der Waals surface area contributed by atoms with Gasteiger partial charge in [-0.3, -0.25) is 9.59 Å². The molecule has 0 aromatic carbocycles. The van der Waals surface area contributed by atoms with Crippen molar-refractivity contribution in [3.05, 3.63) is 11.6 Å². The smallest absolute Gasteiger partial charge is 0.307 e. The Bertz CT molecular complexity index is 433. The zero-order chi connectivity index (χ0) is 14.9. The summed E-state index contributed by atoms with van der Waals surface area (Å²) in [6.07, 6.45) is 5.26. The maximum Gasteiger partial charge on any atom is 0.307 e. The van der Waals surface area contributed by atoms with Crippen LogP contribution in [0.4, 0.5) is 0 Å². The van der Waals surface area contributed by atoms with E-state index in [9.17, 15) is 14.7 Å². The Kier molecular flexibility index (Phi) is 4.21. The van der Waals surface area contributed by atoms with E-state index in [2.05, 4.69) is 26.8 Å². The first-order valence-corrected chi connectivity index (χ1v) is 7.52. The second kappa shape index (κ2) is 5.58. The van der Waals surface area contributed by atoms with E-state index in [0.29, 0.717) is 13.0 Å². The van der Waals surface area contributed by atoms with E-state index < -0.39 is 11.9 Å². The summed E-state index contributed by atoms with van der Waals surface area (Å²) in [6, 6.07) is 0. The molecule has 1 fully saturated rings. The maximum atomic E-state index is 12.5. The Morgan fingerprint density at radius 1 is 1.25 bits per heavy atom. The highest BCUT2D eigenvalue weighted by molar-refractivity contribution is 5.85. The summed E-state index contributed by atoms with van der Waals surface area (Å²) in [4.78, 5) is 25.5. The van der Waals surface area contributed by atoms with Crippen molar-refractivity contribution in [2.75, 3.05) is 13.1 Å². The summed E-state index contributed by atoms with van der Waals surface area (Å²) in [6.45, 7) is 7.92. The quantitative estimate of drug-likeness (QED) is 0.791. The van der Waals surface area contributed by atoms with Crippen molar-refractivity contribution in [2.24, 2.45) is 17.3 Å². The molecule has 1 saturated carbocycles. The summed E-state index contributed by atoms with van der Waals surface area (Å²) >= 11 is 0. The van der Waals surface area contributed by atoms with Crippen molar-refractivity contribution in [3.8, 4) is 0 Å². The Morgan fingerprint density at radius 2 is 1.90 bits per heavy atom. The van der Waals surface area contributed by atoms with E-state index in [-0.39, 0.29) is 17.2 Å². The van der Waals surface area contributed by atoms with Crippen LogP contribution in [0.5, 0.6) is 0 Å². The Morgan fingerprint density at radius 3 is 2.40 bits per heavy atom. The molecular weight excluding hydrogens is 254 g/mol. The second-order valence-corrected chi connectivity index (χ2v) is 7.00. The largest absolute Gasteiger partial charge is 0.481 e. The molecule has 1 heterocycles. The van der Waals surface area contributed by atoms with Gasteiger partial charge >= 0.3 is 5.97 Å². The van der Waals surface area contributed by atoms with Crippen molar-refractivity contribution in [1.82, 2.24) is 4.90 Å². The van der Waals surface area contributed by atoms with Gasteiger partial charge in [0.15, 0.2) is 0 Å². The van der Waals surface area contributed by atoms with Gasteiger partial charge in [0.2, 0.25) is 5.91 Å². The summed E-state index contributed by atoms with van der Waals surface area (Å²) < 4.78 is 0. The fraction of sp³-hybridized carbons (Fsp3) is 0.750. The van der Waals surface area contributed by atoms with Gasteiger partial charge < -0.3 is 10.0 Å². The van der Waals surface area contributed by atoms with Crippen LogP contribution in [0, 0.1) is 17.3 Å². The predicted molar refractivity (Wildman–Crippen MR) is 77.2 cm³/mol. The number of nitrogens with zero attached hydrogens (tertiary/aromatic N) is 1. The molecule has 0 saturated heterocycles. The molecule has 0 aromatic rings. The lowest BCUT2D eigenvalue weighted by molar-refractivity contribution is -0.149. The molecule has 4 heteroatoms. The van der Waals surface area contributed by atoms with E-state index in [1.165, 1.54) is 5.57 Å². The monoisotopic (exact) mass is 279 g/mol. The van der Waals surface area contributed by atoms with Gasteiger partial charge in [-0.25, -0.2) is 0 Å². The van der Waals surface area contributed by atoms with Gasteiger partial charge in [0, 0.05) is 13.1 Å². The number of carbonyl (C=O) groups excluding carboxylic acids is 1. The topological polar surface area (TPSA) is 57.6 Å². The zero-order valence-corrected chi connectivity index (χ0v) is 12.7. The molecule has 1 amide bonds. The summed E-state index contributed by atoms with van der Waals surface area (Å²) in [5, 5.41) is 9.20. The van der Waals surface area contributed by atoms with Gasteiger partial charge in [-0.05, 0) is 24.7 Å². The van der Waals surface area contributed by atoms with E-state index in [4.69, 9.17) is 0 Å². The van der Waals surface area contributed by atoms with Crippen LogP contribution in [0.3, 0.4) is 0 Å². The average molecular weight is 279 g/mol. The first-order valence-electron chi connectivity index (χ1n) is 7.52. The predicted octanol–water partition coefficient (Wildman–Crippen LogP) is 2.69. The third-order valence-electron chi connectivity index (χ3n) is 4.63. The first kappa shape index (κ1) is 15.1. The molecular formula is C16H25NO3. The summed E-state index contributed by atoms with van der Waals surface area (Å²) in [5.41, 5.74) is 1.55. The average Bonchev–Trinajstić information content (AvgIpc) is 2.86. The van der Waals surface area contributed by atoms with Crippen LogP contribution in [-0.2, 0) is 9.59 Å². The highest BCUT2D eigenvalue weighted by Crippen LogP contribution is 2.35.